The lowest BCUT2D eigenvalue weighted by Gasteiger charge is -2.18. The first-order valence-electron chi connectivity index (χ1n) is 23.9. The van der Waals surface area contributed by atoms with E-state index < -0.39 is 23.9 Å². The third kappa shape index (κ3) is 32.4. The molecule has 2 N–H and O–H groups in total. The molecule has 1 aromatic carbocycles. The number of hydroxylamine groups is 2. The molecule has 392 valence electrons. The molecule has 0 bridgehead atoms. The molecule has 1 unspecified atom stereocenters. The summed E-state index contributed by atoms with van der Waals surface area (Å²) >= 11 is 0. The molecule has 1 fully saturated rings. The number of anilines is 1. The van der Waals surface area contributed by atoms with Crippen LogP contribution in [0.25, 0.3) is 0 Å². The van der Waals surface area contributed by atoms with Gasteiger partial charge in [0.2, 0.25) is 0 Å². The maximum absolute atomic E-state index is 12.4. The van der Waals surface area contributed by atoms with Gasteiger partial charge < -0.3 is 71.7 Å². The predicted molar refractivity (Wildman–Crippen MR) is 247 cm³/mol. The zero-order valence-corrected chi connectivity index (χ0v) is 40.1. The number of rotatable bonds is 43. The molecule has 1 aliphatic heterocycles. The summed E-state index contributed by atoms with van der Waals surface area (Å²) in [6, 6.07) is 6.65. The first-order chi connectivity index (χ1) is 33.9. The molecule has 3 rings (SSSR count). The molecule has 0 saturated carbocycles. The van der Waals surface area contributed by atoms with Gasteiger partial charge >= 0.3 is 12.1 Å². The van der Waals surface area contributed by atoms with Crippen LogP contribution in [0.4, 0.5) is 10.5 Å². The van der Waals surface area contributed by atoms with Crippen molar-refractivity contribution in [1.82, 2.24) is 10.4 Å². The van der Waals surface area contributed by atoms with Crippen LogP contribution < -0.4 is 10.6 Å². The SMILES string of the molecule is O=C(CCOCCOCCOCCOCCOCCOCCOCCOCCOCCOCCOCCOCCNC(=O)c1ccc(NC(=O)OC2CC/C=C\CCC2)cc1)ON1C(=O)CCC1=O. The molecule has 1 atom stereocenters. The van der Waals surface area contributed by atoms with Gasteiger partial charge in [0, 0.05) is 30.6 Å². The Kier molecular flexibility index (Phi) is 35.7. The van der Waals surface area contributed by atoms with Crippen LogP contribution in [0.5, 0.6) is 0 Å². The number of carbonyl (C=O) groups excluding carboxylic acids is 5. The average molecular weight is 986 g/mol. The molecule has 2 aliphatic rings. The van der Waals surface area contributed by atoms with Crippen LogP contribution in [0.15, 0.2) is 36.4 Å². The van der Waals surface area contributed by atoms with E-state index in [1.54, 1.807) is 24.3 Å². The largest absolute Gasteiger partial charge is 0.446 e. The number of carbonyl (C=O) groups is 5. The molecule has 69 heavy (non-hydrogen) atoms. The maximum Gasteiger partial charge on any atom is 0.411 e. The van der Waals surface area contributed by atoms with Crippen LogP contribution in [0.3, 0.4) is 0 Å². The van der Waals surface area contributed by atoms with Crippen molar-refractivity contribution < 1.29 is 90.4 Å². The number of nitrogens with zero attached hydrogens (tertiary/aromatic N) is 1. The zero-order valence-electron chi connectivity index (χ0n) is 40.1. The molecule has 22 heteroatoms. The molecule has 4 amide bonds. The number of amides is 4. The van der Waals surface area contributed by atoms with Crippen molar-refractivity contribution in [3.8, 4) is 0 Å². The highest BCUT2D eigenvalue weighted by molar-refractivity contribution is 6.01. The minimum absolute atomic E-state index is 0.0520. The molecule has 0 spiro atoms. The molecular formula is C47H75N3O19. The molecular weight excluding hydrogens is 911 g/mol. The summed E-state index contributed by atoms with van der Waals surface area (Å²) in [6.07, 6.45) is 8.33. The molecule has 1 aromatic rings. The Labute approximate surface area is 405 Å². The number of benzene rings is 1. The monoisotopic (exact) mass is 985 g/mol. The van der Waals surface area contributed by atoms with E-state index >= 15 is 0 Å². The number of hydrogen-bond donors (Lipinski definition) is 2. The summed E-state index contributed by atoms with van der Waals surface area (Å²) in [4.78, 5) is 64.0. The minimum atomic E-state index is -0.706. The molecule has 0 radical (unpaired) electrons. The summed E-state index contributed by atoms with van der Waals surface area (Å²) in [5.41, 5.74) is 1.04. The zero-order chi connectivity index (χ0) is 49.1. The second-order valence-electron chi connectivity index (χ2n) is 15.1. The van der Waals surface area contributed by atoms with Gasteiger partial charge in [-0.25, -0.2) is 9.59 Å². The summed E-state index contributed by atoms with van der Waals surface area (Å²) in [6.45, 7) is 10.2. The molecule has 1 heterocycles. The fraction of sp³-hybridized carbons (Fsp3) is 0.723. The summed E-state index contributed by atoms with van der Waals surface area (Å²) in [5, 5.41) is 6.06. The van der Waals surface area contributed by atoms with Crippen LogP contribution in [0.1, 0.15) is 61.7 Å². The van der Waals surface area contributed by atoms with Crippen molar-refractivity contribution in [2.45, 2.75) is 57.5 Å². The standard InChI is InChI=1S/C47H75N3O19/c51-43-12-13-44(52)50(43)69-45(53)14-16-56-18-20-58-22-24-60-26-28-62-30-32-64-34-36-66-38-39-67-37-35-65-33-31-63-29-27-61-25-23-59-21-19-57-17-15-48-46(54)40-8-10-41(11-9-40)49-47(55)68-42-6-4-2-1-3-5-7-42/h1-2,8-11,42H,3-7,12-39H2,(H,48,54)(H,49,55)/b2-1-. The lowest BCUT2D eigenvalue weighted by molar-refractivity contribution is -0.198. The van der Waals surface area contributed by atoms with Crippen molar-refractivity contribution in [3.63, 3.8) is 0 Å². The predicted octanol–water partition coefficient (Wildman–Crippen LogP) is 3.05. The normalized spacial score (nSPS) is 15.5. The van der Waals surface area contributed by atoms with E-state index in [0.29, 0.717) is 168 Å². The highest BCUT2D eigenvalue weighted by Gasteiger charge is 2.32. The van der Waals surface area contributed by atoms with Crippen molar-refractivity contribution >= 4 is 35.5 Å². The lowest BCUT2D eigenvalue weighted by Crippen LogP contribution is -2.32. The second kappa shape index (κ2) is 41.6. The number of ether oxygens (including phenoxy) is 13. The average Bonchev–Trinajstić information content (AvgIpc) is 3.65. The Hall–Kier alpha value is -4.17. The summed E-state index contributed by atoms with van der Waals surface area (Å²) in [5.74, 6) is -1.97. The van der Waals surface area contributed by atoms with Crippen LogP contribution in [-0.4, -0.2) is 206 Å². The maximum atomic E-state index is 12.4. The fourth-order valence-corrected chi connectivity index (χ4v) is 6.07. The van der Waals surface area contributed by atoms with Crippen molar-refractivity contribution in [2.24, 2.45) is 0 Å². The van der Waals surface area contributed by atoms with Crippen LogP contribution in [-0.2, 0) is 80.8 Å². The van der Waals surface area contributed by atoms with Gasteiger partial charge in [0.05, 0.1) is 165 Å². The van der Waals surface area contributed by atoms with Gasteiger partial charge in [-0.15, -0.1) is 5.06 Å². The Morgan fingerprint density at radius 3 is 1.32 bits per heavy atom. The van der Waals surface area contributed by atoms with Crippen LogP contribution in [0.2, 0.25) is 0 Å². The van der Waals surface area contributed by atoms with Gasteiger partial charge in [0.1, 0.15) is 6.10 Å². The fourth-order valence-electron chi connectivity index (χ4n) is 6.07. The topological polar surface area (TPSA) is 242 Å². The smallest absolute Gasteiger partial charge is 0.411 e. The van der Waals surface area contributed by atoms with Crippen molar-refractivity contribution in [1.29, 1.82) is 0 Å². The van der Waals surface area contributed by atoms with Crippen molar-refractivity contribution in [2.75, 3.05) is 170 Å². The molecule has 1 aliphatic carbocycles. The van der Waals surface area contributed by atoms with Gasteiger partial charge in [-0.2, -0.15) is 0 Å². The van der Waals surface area contributed by atoms with E-state index in [9.17, 15) is 24.0 Å². The number of hydrogen-bond acceptors (Lipinski definition) is 19. The Morgan fingerprint density at radius 2 is 0.884 bits per heavy atom. The van der Waals surface area contributed by atoms with E-state index in [4.69, 9.17) is 66.4 Å². The highest BCUT2D eigenvalue weighted by Crippen LogP contribution is 2.17. The van der Waals surface area contributed by atoms with E-state index in [2.05, 4.69) is 22.8 Å². The first kappa shape index (κ1) is 59.1. The van der Waals surface area contributed by atoms with Gasteiger partial charge in [-0.3, -0.25) is 19.7 Å². The molecule has 0 aromatic heterocycles. The molecule has 22 nitrogen and oxygen atoms in total. The highest BCUT2D eigenvalue weighted by atomic mass is 16.7. The van der Waals surface area contributed by atoms with Gasteiger partial charge in [0.15, 0.2) is 0 Å². The van der Waals surface area contributed by atoms with E-state index in [-0.39, 0.29) is 44.5 Å². The number of nitrogens with one attached hydrogen (secondary N) is 2. The second-order valence-corrected chi connectivity index (χ2v) is 15.1. The van der Waals surface area contributed by atoms with E-state index in [0.717, 1.165) is 32.1 Å². The third-order valence-electron chi connectivity index (χ3n) is 9.66. The van der Waals surface area contributed by atoms with Crippen molar-refractivity contribution in [3.05, 3.63) is 42.0 Å². The summed E-state index contributed by atoms with van der Waals surface area (Å²) in [7, 11) is 0. The number of imide groups is 1. The van der Waals surface area contributed by atoms with Gasteiger partial charge in [0.25, 0.3) is 17.7 Å². The third-order valence-corrected chi connectivity index (χ3v) is 9.66. The first-order valence-corrected chi connectivity index (χ1v) is 23.9. The van der Waals surface area contributed by atoms with Gasteiger partial charge in [-0.05, 0) is 56.4 Å². The van der Waals surface area contributed by atoms with Gasteiger partial charge in [-0.1, -0.05) is 12.2 Å². The molecule has 1 saturated heterocycles. The van der Waals surface area contributed by atoms with E-state index in [1.165, 1.54) is 0 Å². The Morgan fingerprint density at radius 1 is 0.493 bits per heavy atom. The summed E-state index contributed by atoms with van der Waals surface area (Å²) < 4.78 is 71.2. The Bertz CT molecular complexity index is 1520. The quantitative estimate of drug-likeness (QED) is 0.0543. The lowest BCUT2D eigenvalue weighted by atomic mass is 10.0. The van der Waals surface area contributed by atoms with Crippen LogP contribution >= 0.6 is 0 Å². The number of allylic oxidation sites excluding steroid dienone is 2. The Balaban J connectivity index is 0.921. The van der Waals surface area contributed by atoms with Crippen LogP contribution in [0, 0.1) is 0 Å². The van der Waals surface area contributed by atoms with E-state index in [1.807, 2.05) is 0 Å². The minimum Gasteiger partial charge on any atom is -0.446 e.